The standard InChI is InChI=1S/C8H8N4O2/c9-6-1-2-7(10)8-5(6)3-4-11(13)12(8)14/h1-4H,9-10H2. The van der Waals surface area contributed by atoms with Crippen molar-refractivity contribution in [2.75, 3.05) is 11.5 Å². The van der Waals surface area contributed by atoms with Crippen LogP contribution in [0.2, 0.25) is 0 Å². The van der Waals surface area contributed by atoms with Crippen molar-refractivity contribution in [2.24, 2.45) is 0 Å². The summed E-state index contributed by atoms with van der Waals surface area (Å²) in [5.74, 6) is 0. The summed E-state index contributed by atoms with van der Waals surface area (Å²) in [6.07, 6.45) is 1.09. The molecule has 1 heterocycles. The minimum absolute atomic E-state index is 0.0995. The summed E-state index contributed by atoms with van der Waals surface area (Å²) in [5.41, 5.74) is 11.9. The van der Waals surface area contributed by atoms with E-state index in [1.165, 1.54) is 12.1 Å². The third kappa shape index (κ3) is 0.972. The zero-order valence-corrected chi connectivity index (χ0v) is 7.18. The van der Waals surface area contributed by atoms with Gasteiger partial charge in [0.15, 0.2) is 0 Å². The Labute approximate surface area is 79.1 Å². The van der Waals surface area contributed by atoms with Gasteiger partial charge in [0.1, 0.15) is 5.69 Å². The van der Waals surface area contributed by atoms with Gasteiger partial charge in [-0.15, -0.1) is 0 Å². The van der Waals surface area contributed by atoms with Gasteiger partial charge in [-0.25, -0.2) is 0 Å². The first-order valence-corrected chi connectivity index (χ1v) is 3.91. The summed E-state index contributed by atoms with van der Waals surface area (Å²) in [4.78, 5) is 0.319. The summed E-state index contributed by atoms with van der Waals surface area (Å²) in [6.45, 7) is 0. The van der Waals surface area contributed by atoms with Crippen LogP contribution >= 0.6 is 0 Å². The maximum atomic E-state index is 11.3. The highest BCUT2D eigenvalue weighted by Gasteiger charge is 2.16. The van der Waals surface area contributed by atoms with Gasteiger partial charge in [0.2, 0.25) is 0 Å². The number of aromatic nitrogens is 2. The number of rotatable bonds is 0. The van der Waals surface area contributed by atoms with E-state index in [1.54, 1.807) is 6.07 Å². The number of nitrogens with zero attached hydrogens (tertiary/aromatic N) is 2. The number of benzene rings is 1. The van der Waals surface area contributed by atoms with Gasteiger partial charge in [0, 0.05) is 11.8 Å². The Morgan fingerprint density at radius 2 is 1.64 bits per heavy atom. The molecule has 6 nitrogen and oxygen atoms in total. The molecular formula is C8H8N4O2. The van der Waals surface area contributed by atoms with Gasteiger partial charge in [0.25, 0.3) is 6.20 Å². The molecule has 1 aromatic heterocycles. The van der Waals surface area contributed by atoms with Crippen molar-refractivity contribution in [2.45, 2.75) is 0 Å². The van der Waals surface area contributed by atoms with Crippen LogP contribution in [-0.2, 0) is 0 Å². The van der Waals surface area contributed by atoms with E-state index in [2.05, 4.69) is 0 Å². The van der Waals surface area contributed by atoms with Gasteiger partial charge >= 0.3 is 5.52 Å². The lowest BCUT2D eigenvalue weighted by Crippen LogP contribution is -2.60. The lowest BCUT2D eigenvalue weighted by molar-refractivity contribution is -1.18. The number of nitrogen functional groups attached to an aromatic ring is 2. The quantitative estimate of drug-likeness (QED) is 0.326. The maximum absolute atomic E-state index is 11.3. The molecule has 0 fully saturated rings. The average molecular weight is 192 g/mol. The summed E-state index contributed by atoms with van der Waals surface area (Å²) in [7, 11) is 0. The second-order valence-electron chi connectivity index (χ2n) is 2.90. The van der Waals surface area contributed by atoms with E-state index in [-0.39, 0.29) is 20.9 Å². The molecule has 0 aliphatic rings. The van der Waals surface area contributed by atoms with Crippen molar-refractivity contribution in [1.82, 2.24) is 0 Å². The molecule has 0 spiro atoms. The van der Waals surface area contributed by atoms with E-state index in [4.69, 9.17) is 11.5 Å². The van der Waals surface area contributed by atoms with Crippen molar-refractivity contribution >= 4 is 22.3 Å². The SMILES string of the molecule is Nc1ccc(N)c2c1cc[n+]([O-])[n+]2[O-]. The Morgan fingerprint density at radius 1 is 1.00 bits per heavy atom. The van der Waals surface area contributed by atoms with E-state index >= 15 is 0 Å². The Bertz CT molecular complexity index is 512. The summed E-state index contributed by atoms with van der Waals surface area (Å²) < 4.78 is 0. The lowest BCUT2D eigenvalue weighted by atomic mass is 10.2. The van der Waals surface area contributed by atoms with Crippen molar-refractivity contribution in [3.8, 4) is 0 Å². The predicted octanol–water partition coefficient (Wildman–Crippen LogP) is -0.729. The highest BCUT2D eigenvalue weighted by molar-refractivity contribution is 5.95. The first kappa shape index (κ1) is 8.36. The average Bonchev–Trinajstić information content (AvgIpc) is 2.16. The van der Waals surface area contributed by atoms with Crippen LogP contribution in [-0.4, -0.2) is 0 Å². The minimum atomic E-state index is 0.0995. The van der Waals surface area contributed by atoms with E-state index < -0.39 is 0 Å². The molecule has 72 valence electrons. The van der Waals surface area contributed by atoms with Crippen molar-refractivity contribution < 1.29 is 9.69 Å². The Hall–Kier alpha value is -2.24. The first-order valence-electron chi connectivity index (χ1n) is 3.91. The third-order valence-electron chi connectivity index (χ3n) is 2.02. The van der Waals surface area contributed by atoms with E-state index in [0.717, 1.165) is 6.20 Å². The Kier molecular flexibility index (Phi) is 1.57. The van der Waals surface area contributed by atoms with Crippen molar-refractivity contribution in [3.05, 3.63) is 34.8 Å². The molecule has 14 heavy (non-hydrogen) atoms. The Balaban J connectivity index is 3.01. The van der Waals surface area contributed by atoms with Crippen molar-refractivity contribution in [3.63, 3.8) is 0 Å². The zero-order valence-electron chi connectivity index (χ0n) is 7.18. The third-order valence-corrected chi connectivity index (χ3v) is 2.02. The molecule has 0 unspecified atom stereocenters. The summed E-state index contributed by atoms with van der Waals surface area (Å²) in [5, 5.41) is 22.8. The fourth-order valence-electron chi connectivity index (χ4n) is 1.33. The lowest BCUT2D eigenvalue weighted by Gasteiger charge is -2.03. The maximum Gasteiger partial charge on any atom is 0.319 e. The van der Waals surface area contributed by atoms with Gasteiger partial charge in [-0.05, 0) is 12.1 Å². The molecular weight excluding hydrogens is 184 g/mol. The highest BCUT2D eigenvalue weighted by atomic mass is 16.6. The van der Waals surface area contributed by atoms with Gasteiger partial charge in [-0.1, -0.05) is 0 Å². The second kappa shape index (κ2) is 2.63. The molecule has 6 heteroatoms. The summed E-state index contributed by atoms with van der Waals surface area (Å²) >= 11 is 0. The van der Waals surface area contributed by atoms with Crippen LogP contribution in [0.25, 0.3) is 10.9 Å². The van der Waals surface area contributed by atoms with Gasteiger partial charge < -0.3 is 21.9 Å². The van der Waals surface area contributed by atoms with Crippen LogP contribution in [0.4, 0.5) is 11.4 Å². The molecule has 0 aliphatic carbocycles. The number of anilines is 2. The van der Waals surface area contributed by atoms with Gasteiger partial charge in [0.05, 0.1) is 15.1 Å². The summed E-state index contributed by atoms with van der Waals surface area (Å²) in [6, 6.07) is 4.54. The monoisotopic (exact) mass is 192 g/mol. The molecule has 0 aliphatic heterocycles. The number of hydrogen-bond acceptors (Lipinski definition) is 4. The predicted molar refractivity (Wildman–Crippen MR) is 50.7 cm³/mol. The first-order chi connectivity index (χ1) is 6.61. The van der Waals surface area contributed by atoms with Crippen LogP contribution in [0, 0.1) is 10.4 Å². The van der Waals surface area contributed by atoms with Crippen LogP contribution in [0.3, 0.4) is 0 Å². The number of hydrogen-bond donors (Lipinski definition) is 2. The minimum Gasteiger partial charge on any atom is -0.561 e. The topological polar surface area (TPSA) is 106 Å². The molecule has 0 radical (unpaired) electrons. The fourth-order valence-corrected chi connectivity index (χ4v) is 1.33. The zero-order chi connectivity index (χ0) is 10.3. The van der Waals surface area contributed by atoms with E-state index in [9.17, 15) is 10.4 Å². The smallest absolute Gasteiger partial charge is 0.319 e. The molecule has 0 amide bonds. The second-order valence-corrected chi connectivity index (χ2v) is 2.90. The number of nitrogens with two attached hydrogens (primary N) is 2. The molecule has 4 N–H and O–H groups in total. The molecule has 0 atom stereocenters. The molecule has 0 saturated carbocycles. The van der Waals surface area contributed by atoms with Crippen LogP contribution in [0.5, 0.6) is 0 Å². The largest absolute Gasteiger partial charge is 0.561 e. The van der Waals surface area contributed by atoms with Crippen LogP contribution < -0.4 is 21.2 Å². The Morgan fingerprint density at radius 3 is 2.36 bits per heavy atom. The molecule has 1 aromatic carbocycles. The van der Waals surface area contributed by atoms with Crippen molar-refractivity contribution in [1.29, 1.82) is 0 Å². The van der Waals surface area contributed by atoms with Crippen LogP contribution in [0.1, 0.15) is 0 Å². The fraction of sp³-hybridized carbons (Fsp3) is 0. The normalized spacial score (nSPS) is 10.6. The molecule has 2 rings (SSSR count). The van der Waals surface area contributed by atoms with Crippen LogP contribution in [0.15, 0.2) is 24.4 Å². The number of fused-ring (bicyclic) bond motifs is 1. The highest BCUT2D eigenvalue weighted by Crippen LogP contribution is 2.21. The van der Waals surface area contributed by atoms with E-state index in [1.807, 2.05) is 0 Å². The molecule has 0 bridgehead atoms. The molecule has 0 saturated heterocycles. The van der Waals surface area contributed by atoms with Gasteiger partial charge in [-0.2, -0.15) is 0 Å². The molecule has 2 aromatic rings. The van der Waals surface area contributed by atoms with E-state index in [0.29, 0.717) is 11.1 Å². The van der Waals surface area contributed by atoms with Gasteiger partial charge in [-0.3, -0.25) is 0 Å².